The van der Waals surface area contributed by atoms with Crippen molar-refractivity contribution in [1.82, 2.24) is 5.32 Å². The number of anilines is 1. The lowest BCUT2D eigenvalue weighted by atomic mass is 9.85. The number of hydrogen-bond donors (Lipinski definition) is 1. The van der Waals surface area contributed by atoms with E-state index in [2.05, 4.69) is 55.3 Å². The van der Waals surface area contributed by atoms with Crippen LogP contribution >= 0.6 is 0 Å². The molecule has 112 valence electrons. The fourth-order valence-corrected chi connectivity index (χ4v) is 2.85. The predicted molar refractivity (Wildman–Crippen MR) is 88.2 cm³/mol. The highest BCUT2D eigenvalue weighted by Crippen LogP contribution is 2.30. The summed E-state index contributed by atoms with van der Waals surface area (Å²) < 4.78 is 0. The summed E-state index contributed by atoms with van der Waals surface area (Å²) >= 11 is 0. The first-order chi connectivity index (χ1) is 9.70. The Bertz CT molecular complexity index is 396. The Morgan fingerprint density at radius 1 is 1.25 bits per heavy atom. The number of para-hydroxylation sites is 1. The van der Waals surface area contributed by atoms with Gasteiger partial charge in [0.2, 0.25) is 0 Å². The zero-order valence-corrected chi connectivity index (χ0v) is 13.4. The summed E-state index contributed by atoms with van der Waals surface area (Å²) in [5.74, 6) is 1.63. The van der Waals surface area contributed by atoms with Gasteiger partial charge in [-0.25, -0.2) is 0 Å². The molecule has 0 amide bonds. The molecule has 1 aliphatic rings. The van der Waals surface area contributed by atoms with Crippen LogP contribution in [0.1, 0.15) is 45.6 Å². The standard InChI is InChI=1S/C18H30N2/c1-4-20(14-16-8-7-9-16)18-11-6-5-10-17(18)13-19-12-15(2)3/h5-6,10-11,15-16,19H,4,7-9,12-14H2,1-3H3. The largest absolute Gasteiger partial charge is 0.371 e. The van der Waals surface area contributed by atoms with Crippen LogP contribution < -0.4 is 10.2 Å². The van der Waals surface area contributed by atoms with Gasteiger partial charge in [-0.3, -0.25) is 0 Å². The van der Waals surface area contributed by atoms with Crippen LogP contribution in [0.2, 0.25) is 0 Å². The maximum atomic E-state index is 3.58. The van der Waals surface area contributed by atoms with Gasteiger partial charge in [0.05, 0.1) is 0 Å². The van der Waals surface area contributed by atoms with E-state index in [0.717, 1.165) is 25.6 Å². The van der Waals surface area contributed by atoms with Gasteiger partial charge in [0.15, 0.2) is 0 Å². The van der Waals surface area contributed by atoms with E-state index >= 15 is 0 Å². The molecular weight excluding hydrogens is 244 g/mol. The molecule has 2 rings (SSSR count). The molecule has 0 atom stereocenters. The molecule has 0 spiro atoms. The number of rotatable bonds is 8. The van der Waals surface area contributed by atoms with Crippen molar-refractivity contribution in [2.75, 3.05) is 24.5 Å². The lowest BCUT2D eigenvalue weighted by Crippen LogP contribution is -2.33. The molecule has 0 unspecified atom stereocenters. The first kappa shape index (κ1) is 15.4. The molecule has 0 heterocycles. The normalized spacial score (nSPS) is 15.4. The molecule has 1 aromatic rings. The summed E-state index contributed by atoms with van der Waals surface area (Å²) in [6.45, 7) is 11.2. The van der Waals surface area contributed by atoms with Gasteiger partial charge in [-0.2, -0.15) is 0 Å². The van der Waals surface area contributed by atoms with E-state index in [4.69, 9.17) is 0 Å². The third-order valence-corrected chi connectivity index (χ3v) is 4.29. The van der Waals surface area contributed by atoms with Crippen molar-refractivity contribution in [3.05, 3.63) is 29.8 Å². The monoisotopic (exact) mass is 274 g/mol. The van der Waals surface area contributed by atoms with Crippen LogP contribution in [-0.2, 0) is 6.54 Å². The van der Waals surface area contributed by atoms with Crippen molar-refractivity contribution < 1.29 is 0 Å². The molecule has 0 bridgehead atoms. The highest BCUT2D eigenvalue weighted by molar-refractivity contribution is 5.53. The molecule has 20 heavy (non-hydrogen) atoms. The van der Waals surface area contributed by atoms with Gasteiger partial charge in [0, 0.05) is 25.3 Å². The maximum Gasteiger partial charge on any atom is 0.0411 e. The molecule has 1 aliphatic carbocycles. The van der Waals surface area contributed by atoms with Crippen molar-refractivity contribution in [3.8, 4) is 0 Å². The highest BCUT2D eigenvalue weighted by atomic mass is 15.1. The Hall–Kier alpha value is -1.02. The fourth-order valence-electron chi connectivity index (χ4n) is 2.85. The molecule has 0 saturated heterocycles. The highest BCUT2D eigenvalue weighted by Gasteiger charge is 2.21. The third-order valence-electron chi connectivity index (χ3n) is 4.29. The Kier molecular flexibility index (Phi) is 5.90. The average Bonchev–Trinajstić information content (AvgIpc) is 2.38. The van der Waals surface area contributed by atoms with Gasteiger partial charge in [0.1, 0.15) is 0 Å². The van der Waals surface area contributed by atoms with Gasteiger partial charge in [-0.05, 0) is 49.8 Å². The topological polar surface area (TPSA) is 15.3 Å². The average molecular weight is 274 g/mol. The molecule has 2 nitrogen and oxygen atoms in total. The third kappa shape index (κ3) is 4.24. The lowest BCUT2D eigenvalue weighted by molar-refractivity contribution is 0.318. The summed E-state index contributed by atoms with van der Waals surface area (Å²) in [6.07, 6.45) is 4.27. The summed E-state index contributed by atoms with van der Waals surface area (Å²) in [7, 11) is 0. The first-order valence-electron chi connectivity index (χ1n) is 8.24. The van der Waals surface area contributed by atoms with Crippen molar-refractivity contribution in [1.29, 1.82) is 0 Å². The van der Waals surface area contributed by atoms with Crippen LogP contribution in [0.3, 0.4) is 0 Å². The van der Waals surface area contributed by atoms with E-state index in [0.29, 0.717) is 5.92 Å². The molecule has 2 heteroatoms. The minimum absolute atomic E-state index is 0.708. The quantitative estimate of drug-likeness (QED) is 0.769. The molecule has 0 aromatic heterocycles. The van der Waals surface area contributed by atoms with Gasteiger partial charge in [-0.1, -0.05) is 38.5 Å². The zero-order valence-electron chi connectivity index (χ0n) is 13.4. The van der Waals surface area contributed by atoms with Gasteiger partial charge in [-0.15, -0.1) is 0 Å². The smallest absolute Gasteiger partial charge is 0.0411 e. The fraction of sp³-hybridized carbons (Fsp3) is 0.667. The Morgan fingerprint density at radius 3 is 2.60 bits per heavy atom. The Morgan fingerprint density at radius 2 is 2.00 bits per heavy atom. The first-order valence-corrected chi connectivity index (χ1v) is 8.24. The number of benzene rings is 1. The summed E-state index contributed by atoms with van der Waals surface area (Å²) in [5.41, 5.74) is 2.87. The molecule has 0 radical (unpaired) electrons. The molecule has 0 aliphatic heterocycles. The van der Waals surface area contributed by atoms with Crippen molar-refractivity contribution in [2.24, 2.45) is 11.8 Å². The molecule has 1 aromatic carbocycles. The summed E-state index contributed by atoms with van der Waals surface area (Å²) in [4.78, 5) is 2.57. The molecule has 1 saturated carbocycles. The number of hydrogen-bond acceptors (Lipinski definition) is 2. The second-order valence-electron chi connectivity index (χ2n) is 6.49. The predicted octanol–water partition coefficient (Wildman–Crippen LogP) is 4.06. The van der Waals surface area contributed by atoms with Crippen LogP contribution in [0.25, 0.3) is 0 Å². The van der Waals surface area contributed by atoms with Crippen molar-refractivity contribution in [2.45, 2.75) is 46.6 Å². The SMILES string of the molecule is CCN(CC1CCC1)c1ccccc1CNCC(C)C. The van der Waals surface area contributed by atoms with E-state index in [1.165, 1.54) is 37.1 Å². The Balaban J connectivity index is 2.00. The molecular formula is C18H30N2. The van der Waals surface area contributed by atoms with Gasteiger partial charge >= 0.3 is 0 Å². The second kappa shape index (κ2) is 7.68. The van der Waals surface area contributed by atoms with E-state index < -0.39 is 0 Å². The number of nitrogens with zero attached hydrogens (tertiary/aromatic N) is 1. The van der Waals surface area contributed by atoms with E-state index in [9.17, 15) is 0 Å². The van der Waals surface area contributed by atoms with Gasteiger partial charge in [0.25, 0.3) is 0 Å². The minimum atomic E-state index is 0.708. The van der Waals surface area contributed by atoms with Crippen LogP contribution in [0.5, 0.6) is 0 Å². The minimum Gasteiger partial charge on any atom is -0.371 e. The van der Waals surface area contributed by atoms with E-state index in [-0.39, 0.29) is 0 Å². The second-order valence-corrected chi connectivity index (χ2v) is 6.49. The molecule has 1 fully saturated rings. The zero-order chi connectivity index (χ0) is 14.4. The van der Waals surface area contributed by atoms with Crippen molar-refractivity contribution >= 4 is 5.69 Å². The van der Waals surface area contributed by atoms with E-state index in [1.807, 2.05) is 0 Å². The van der Waals surface area contributed by atoms with Crippen LogP contribution in [0.4, 0.5) is 5.69 Å². The Labute approximate surface area is 124 Å². The van der Waals surface area contributed by atoms with Crippen LogP contribution in [0.15, 0.2) is 24.3 Å². The van der Waals surface area contributed by atoms with Crippen LogP contribution in [-0.4, -0.2) is 19.6 Å². The van der Waals surface area contributed by atoms with Crippen LogP contribution in [0, 0.1) is 11.8 Å². The number of nitrogens with one attached hydrogen (secondary N) is 1. The van der Waals surface area contributed by atoms with Crippen molar-refractivity contribution in [3.63, 3.8) is 0 Å². The van der Waals surface area contributed by atoms with E-state index in [1.54, 1.807) is 0 Å². The summed E-state index contributed by atoms with van der Waals surface area (Å²) in [5, 5.41) is 3.58. The maximum absolute atomic E-state index is 3.58. The summed E-state index contributed by atoms with van der Waals surface area (Å²) in [6, 6.07) is 8.89. The lowest BCUT2D eigenvalue weighted by Gasteiger charge is -2.34. The van der Waals surface area contributed by atoms with Gasteiger partial charge < -0.3 is 10.2 Å². The molecule has 1 N–H and O–H groups in total.